The molecule has 20 heavy (non-hydrogen) atoms. The van der Waals surface area contributed by atoms with Crippen LogP contribution in [0, 0.1) is 0 Å². The van der Waals surface area contributed by atoms with E-state index in [1.165, 1.54) is 29.6 Å². The van der Waals surface area contributed by atoms with Gasteiger partial charge in [0.05, 0.1) is 11.6 Å². The molecule has 7 heteroatoms. The molecule has 5 nitrogen and oxygen atoms in total. The molecule has 0 aliphatic rings. The van der Waals surface area contributed by atoms with Crippen molar-refractivity contribution in [1.82, 2.24) is 4.31 Å². The zero-order valence-electron chi connectivity index (χ0n) is 12.0. The second-order valence-corrected chi connectivity index (χ2v) is 6.82. The van der Waals surface area contributed by atoms with E-state index < -0.39 is 10.0 Å². The molecule has 0 fully saturated rings. The third-order valence-corrected chi connectivity index (χ3v) is 5.64. The number of rotatable bonds is 7. The highest BCUT2D eigenvalue weighted by molar-refractivity contribution is 7.89. The van der Waals surface area contributed by atoms with Crippen molar-refractivity contribution in [3.63, 3.8) is 0 Å². The molecule has 1 unspecified atom stereocenters. The number of hydrogen-bond acceptors (Lipinski definition) is 4. The summed E-state index contributed by atoms with van der Waals surface area (Å²) in [6.07, 6.45) is 0.704. The van der Waals surface area contributed by atoms with Crippen LogP contribution in [0.25, 0.3) is 0 Å². The van der Waals surface area contributed by atoms with Gasteiger partial charge in [-0.1, -0.05) is 18.5 Å². The summed E-state index contributed by atoms with van der Waals surface area (Å²) in [5, 5.41) is 0.135. The Morgan fingerprint density at radius 2 is 2.10 bits per heavy atom. The summed E-state index contributed by atoms with van der Waals surface area (Å²) in [7, 11) is -2.13. The maximum atomic E-state index is 12.7. The summed E-state index contributed by atoms with van der Waals surface area (Å²) in [5.74, 6) is 0. The van der Waals surface area contributed by atoms with Crippen LogP contribution in [0.2, 0.25) is 5.02 Å². The Hall–Kier alpha value is -0.820. The number of benzene rings is 1. The smallest absolute Gasteiger partial charge is 0.244 e. The Bertz CT molecular complexity index is 549. The molecule has 0 amide bonds. The summed E-state index contributed by atoms with van der Waals surface area (Å²) in [5.41, 5.74) is 6.03. The first-order valence-electron chi connectivity index (χ1n) is 6.40. The number of ether oxygens (including phenoxy) is 1. The van der Waals surface area contributed by atoms with Gasteiger partial charge in [0.25, 0.3) is 0 Å². The summed E-state index contributed by atoms with van der Waals surface area (Å²) >= 11 is 6.02. The lowest BCUT2D eigenvalue weighted by atomic mass is 10.3. The van der Waals surface area contributed by atoms with Gasteiger partial charge in [0, 0.05) is 25.4 Å². The lowest BCUT2D eigenvalue weighted by molar-refractivity contribution is 0.167. The second-order valence-electron chi connectivity index (χ2n) is 4.56. The summed E-state index contributed by atoms with van der Waals surface area (Å²) in [6.45, 7) is 4.41. The fourth-order valence-corrected chi connectivity index (χ4v) is 4.03. The molecule has 114 valence electrons. The average Bonchev–Trinajstić information content (AvgIpc) is 2.38. The van der Waals surface area contributed by atoms with Gasteiger partial charge in [-0.05, 0) is 31.5 Å². The van der Waals surface area contributed by atoms with Crippen LogP contribution >= 0.6 is 11.6 Å². The maximum absolute atomic E-state index is 12.7. The van der Waals surface area contributed by atoms with E-state index in [0.29, 0.717) is 18.7 Å². The van der Waals surface area contributed by atoms with Gasteiger partial charge in [0.2, 0.25) is 10.0 Å². The van der Waals surface area contributed by atoms with Gasteiger partial charge >= 0.3 is 0 Å². The van der Waals surface area contributed by atoms with Crippen LogP contribution in [0.15, 0.2) is 23.1 Å². The first kappa shape index (κ1) is 17.2. The minimum Gasteiger partial charge on any atom is -0.399 e. The number of anilines is 1. The third-order valence-electron chi connectivity index (χ3n) is 3.14. The van der Waals surface area contributed by atoms with E-state index in [2.05, 4.69) is 0 Å². The molecule has 0 aliphatic carbocycles. The molecule has 0 radical (unpaired) electrons. The highest BCUT2D eigenvalue weighted by atomic mass is 35.5. The highest BCUT2D eigenvalue weighted by Gasteiger charge is 2.29. The molecule has 0 heterocycles. The van der Waals surface area contributed by atoms with Gasteiger partial charge in [0.1, 0.15) is 4.90 Å². The van der Waals surface area contributed by atoms with Crippen molar-refractivity contribution >= 4 is 27.3 Å². The predicted molar refractivity (Wildman–Crippen MR) is 81.4 cm³/mol. The molecule has 0 spiro atoms. The first-order valence-corrected chi connectivity index (χ1v) is 8.22. The molecule has 0 saturated carbocycles. The number of nitrogens with two attached hydrogens (primary N) is 1. The van der Waals surface area contributed by atoms with Crippen LogP contribution in [-0.4, -0.2) is 39.0 Å². The van der Waals surface area contributed by atoms with Crippen molar-refractivity contribution in [3.8, 4) is 0 Å². The van der Waals surface area contributed by atoms with E-state index >= 15 is 0 Å². The maximum Gasteiger partial charge on any atom is 0.244 e. The standard InChI is InChI=1S/C13H21ClN2O3S/c1-4-10(2)16(7-8-19-3)20(17,18)13-6-5-11(15)9-12(13)14/h5-6,9-10H,4,7-8,15H2,1-3H3. The van der Waals surface area contributed by atoms with Crippen LogP contribution in [-0.2, 0) is 14.8 Å². The number of nitrogens with zero attached hydrogens (tertiary/aromatic N) is 1. The monoisotopic (exact) mass is 320 g/mol. The Kier molecular flexibility index (Phi) is 6.26. The SMILES string of the molecule is CCC(C)N(CCOC)S(=O)(=O)c1ccc(N)cc1Cl. The number of hydrogen-bond donors (Lipinski definition) is 1. The van der Waals surface area contributed by atoms with E-state index in [1.807, 2.05) is 13.8 Å². The Balaban J connectivity index is 3.21. The van der Waals surface area contributed by atoms with Crippen molar-refractivity contribution in [2.75, 3.05) is 26.0 Å². The molecule has 1 atom stereocenters. The van der Waals surface area contributed by atoms with Gasteiger partial charge in [0.15, 0.2) is 0 Å². The first-order chi connectivity index (χ1) is 9.34. The molecular weight excluding hydrogens is 300 g/mol. The zero-order chi connectivity index (χ0) is 15.3. The van der Waals surface area contributed by atoms with Crippen LogP contribution in [0.5, 0.6) is 0 Å². The zero-order valence-corrected chi connectivity index (χ0v) is 13.5. The van der Waals surface area contributed by atoms with Crippen LogP contribution in [0.4, 0.5) is 5.69 Å². The van der Waals surface area contributed by atoms with Crippen molar-refractivity contribution in [2.45, 2.75) is 31.2 Å². The molecule has 1 rings (SSSR count). The molecule has 1 aromatic carbocycles. The van der Waals surface area contributed by atoms with Gasteiger partial charge in [-0.25, -0.2) is 8.42 Å². The number of nitrogen functional groups attached to an aromatic ring is 1. The lowest BCUT2D eigenvalue weighted by Crippen LogP contribution is -2.40. The average molecular weight is 321 g/mol. The Morgan fingerprint density at radius 1 is 1.45 bits per heavy atom. The minimum atomic E-state index is -3.67. The van der Waals surface area contributed by atoms with Gasteiger partial charge in [-0.15, -0.1) is 0 Å². The topological polar surface area (TPSA) is 72.6 Å². The fourth-order valence-electron chi connectivity index (χ4n) is 1.81. The summed E-state index contributed by atoms with van der Waals surface area (Å²) < 4.78 is 31.8. The minimum absolute atomic E-state index is 0.0739. The van der Waals surface area contributed by atoms with Gasteiger partial charge < -0.3 is 10.5 Å². The Morgan fingerprint density at radius 3 is 2.60 bits per heavy atom. The molecule has 0 aromatic heterocycles. The number of sulfonamides is 1. The molecule has 0 saturated heterocycles. The van der Waals surface area contributed by atoms with E-state index in [0.717, 1.165) is 0 Å². The number of methoxy groups -OCH3 is 1. The van der Waals surface area contributed by atoms with Crippen LogP contribution in [0.1, 0.15) is 20.3 Å². The number of halogens is 1. The van der Waals surface area contributed by atoms with E-state index in [-0.39, 0.29) is 22.5 Å². The van der Waals surface area contributed by atoms with Gasteiger partial charge in [-0.3, -0.25) is 0 Å². The molecular formula is C13H21ClN2O3S. The normalized spacial score (nSPS) is 13.7. The van der Waals surface area contributed by atoms with Crippen molar-refractivity contribution in [2.24, 2.45) is 0 Å². The van der Waals surface area contributed by atoms with E-state index in [4.69, 9.17) is 22.1 Å². The van der Waals surface area contributed by atoms with E-state index in [9.17, 15) is 8.42 Å². The summed E-state index contributed by atoms with van der Waals surface area (Å²) in [6, 6.07) is 4.28. The molecule has 1 aromatic rings. The predicted octanol–water partition coefficient (Wildman–Crippen LogP) is 2.36. The van der Waals surface area contributed by atoms with Crippen LogP contribution < -0.4 is 5.73 Å². The van der Waals surface area contributed by atoms with Crippen LogP contribution in [0.3, 0.4) is 0 Å². The van der Waals surface area contributed by atoms with Gasteiger partial charge in [-0.2, -0.15) is 4.31 Å². The van der Waals surface area contributed by atoms with Crippen molar-refractivity contribution < 1.29 is 13.2 Å². The quantitative estimate of drug-likeness (QED) is 0.783. The Labute approximate surface area is 125 Å². The van der Waals surface area contributed by atoms with E-state index in [1.54, 1.807) is 0 Å². The van der Waals surface area contributed by atoms with Crippen molar-refractivity contribution in [3.05, 3.63) is 23.2 Å². The fraction of sp³-hybridized carbons (Fsp3) is 0.538. The molecule has 0 bridgehead atoms. The molecule has 2 N–H and O–H groups in total. The lowest BCUT2D eigenvalue weighted by Gasteiger charge is -2.27. The summed E-state index contributed by atoms with van der Waals surface area (Å²) in [4.78, 5) is 0.0739. The third kappa shape index (κ3) is 3.85. The second kappa shape index (κ2) is 7.26. The largest absolute Gasteiger partial charge is 0.399 e. The molecule has 0 aliphatic heterocycles. The van der Waals surface area contributed by atoms with Crippen molar-refractivity contribution in [1.29, 1.82) is 0 Å². The highest BCUT2D eigenvalue weighted by Crippen LogP contribution is 2.28.